The average molecular weight is 553 g/mol. The number of anilines is 1. The van der Waals surface area contributed by atoms with E-state index in [1.54, 1.807) is 45.3 Å². The number of carbonyl (C=O) groups excluding carboxylic acids is 3. The molecular formula is C31H32N6O4. The van der Waals surface area contributed by atoms with Crippen molar-refractivity contribution in [2.45, 2.75) is 52.2 Å². The minimum atomic E-state index is -0.884. The first-order valence-electron chi connectivity index (χ1n) is 13.4. The van der Waals surface area contributed by atoms with Gasteiger partial charge in [-0.15, -0.1) is 0 Å². The fourth-order valence-electron chi connectivity index (χ4n) is 4.70. The van der Waals surface area contributed by atoms with Crippen molar-refractivity contribution < 1.29 is 19.1 Å². The standard InChI is InChI=1S/C31H32N6O4/c1-18-10-12-20(16-32-18)27-23-17-33-37-28(38)22-14-21(15-25(35-27)26(22)23)34-29(39)24(36-30(40)41-31(2,3)4)13-11-19-8-6-5-7-9-19/h5-10,12,14-17,24,35H,11,13H2,1-4H3,(H,34,39)(H,36,40)(H,37,38)/t24-/m1/s1. The monoisotopic (exact) mass is 552 g/mol. The fraction of sp³-hybridized carbons (Fsp3) is 0.258. The summed E-state index contributed by atoms with van der Waals surface area (Å²) in [5, 5.41) is 10.4. The Kier molecular flexibility index (Phi) is 7.56. The summed E-state index contributed by atoms with van der Waals surface area (Å²) in [6, 6.07) is 16.1. The molecule has 0 radical (unpaired) electrons. The quantitative estimate of drug-likeness (QED) is 0.253. The number of rotatable bonds is 7. The van der Waals surface area contributed by atoms with Gasteiger partial charge in [0.1, 0.15) is 11.6 Å². The molecule has 10 nitrogen and oxygen atoms in total. The molecule has 3 amide bonds. The molecule has 5 rings (SSSR count). The van der Waals surface area contributed by atoms with E-state index < -0.39 is 29.6 Å². The van der Waals surface area contributed by atoms with E-state index in [0.29, 0.717) is 35.0 Å². The Morgan fingerprint density at radius 2 is 1.85 bits per heavy atom. The van der Waals surface area contributed by atoms with Crippen molar-refractivity contribution in [3.63, 3.8) is 0 Å². The van der Waals surface area contributed by atoms with E-state index in [9.17, 15) is 14.4 Å². The van der Waals surface area contributed by atoms with Gasteiger partial charge < -0.3 is 20.4 Å². The molecule has 0 fully saturated rings. The van der Waals surface area contributed by atoms with E-state index in [-0.39, 0.29) is 0 Å². The van der Waals surface area contributed by atoms with Crippen LogP contribution in [-0.2, 0) is 16.0 Å². The molecule has 1 aliphatic rings. The summed E-state index contributed by atoms with van der Waals surface area (Å²) in [4.78, 5) is 46.9. The van der Waals surface area contributed by atoms with Gasteiger partial charge in [0.15, 0.2) is 0 Å². The number of nitrogens with zero attached hydrogens (tertiary/aromatic N) is 2. The summed E-state index contributed by atoms with van der Waals surface area (Å²) in [5.74, 6) is -0.834. The minimum absolute atomic E-state index is 0.343. The van der Waals surface area contributed by atoms with Crippen molar-refractivity contribution in [1.29, 1.82) is 0 Å². The summed E-state index contributed by atoms with van der Waals surface area (Å²) < 4.78 is 5.41. The maximum absolute atomic E-state index is 13.5. The van der Waals surface area contributed by atoms with Gasteiger partial charge >= 0.3 is 6.09 Å². The van der Waals surface area contributed by atoms with Gasteiger partial charge in [-0.05, 0) is 70.4 Å². The molecule has 4 aromatic rings. The van der Waals surface area contributed by atoms with Crippen LogP contribution < -0.4 is 16.1 Å². The van der Waals surface area contributed by atoms with E-state index in [2.05, 4.69) is 31.1 Å². The van der Waals surface area contributed by atoms with Gasteiger partial charge in [-0.2, -0.15) is 5.10 Å². The molecule has 4 N–H and O–H groups in total. The molecule has 0 aliphatic carbocycles. The number of H-pyrrole nitrogens is 1. The highest BCUT2D eigenvalue weighted by molar-refractivity contribution is 6.18. The van der Waals surface area contributed by atoms with Crippen LogP contribution in [0.3, 0.4) is 0 Å². The van der Waals surface area contributed by atoms with Crippen LogP contribution in [0.1, 0.15) is 54.4 Å². The largest absolute Gasteiger partial charge is 0.444 e. The van der Waals surface area contributed by atoms with Crippen LogP contribution in [-0.4, -0.2) is 45.7 Å². The van der Waals surface area contributed by atoms with Gasteiger partial charge in [-0.25, -0.2) is 10.2 Å². The van der Waals surface area contributed by atoms with E-state index >= 15 is 0 Å². The third-order valence-electron chi connectivity index (χ3n) is 6.58. The van der Waals surface area contributed by atoms with Gasteiger partial charge in [0, 0.05) is 39.6 Å². The molecule has 41 heavy (non-hydrogen) atoms. The predicted octanol–water partition coefficient (Wildman–Crippen LogP) is 5.08. The number of aromatic nitrogens is 2. The summed E-state index contributed by atoms with van der Waals surface area (Å²) in [6.07, 6.45) is 3.58. The van der Waals surface area contributed by atoms with Crippen molar-refractivity contribution in [1.82, 2.24) is 20.7 Å². The fourth-order valence-corrected chi connectivity index (χ4v) is 4.70. The van der Waals surface area contributed by atoms with Crippen molar-refractivity contribution in [3.05, 3.63) is 83.2 Å². The van der Waals surface area contributed by atoms with E-state index in [4.69, 9.17) is 4.74 Å². The third-order valence-corrected chi connectivity index (χ3v) is 6.58. The van der Waals surface area contributed by atoms with E-state index in [0.717, 1.165) is 28.1 Å². The Labute approximate surface area is 237 Å². The molecule has 1 atom stereocenters. The molecule has 0 bridgehead atoms. The first-order chi connectivity index (χ1) is 19.6. The zero-order chi connectivity index (χ0) is 29.1. The van der Waals surface area contributed by atoms with E-state index in [1.165, 1.54) is 0 Å². The Bertz CT molecular complexity index is 1640. The minimum Gasteiger partial charge on any atom is -0.444 e. The van der Waals surface area contributed by atoms with Gasteiger partial charge in [-0.1, -0.05) is 30.3 Å². The Balaban J connectivity index is 1.46. The van der Waals surface area contributed by atoms with Crippen LogP contribution in [0, 0.1) is 6.92 Å². The first-order valence-corrected chi connectivity index (χ1v) is 13.4. The molecule has 0 unspecified atom stereocenters. The number of hydrazone groups is 1. The zero-order valence-corrected chi connectivity index (χ0v) is 23.4. The highest BCUT2D eigenvalue weighted by Gasteiger charge is 2.26. The second-order valence-corrected chi connectivity index (χ2v) is 11.0. The number of benzene rings is 2. The number of pyridine rings is 1. The third kappa shape index (κ3) is 6.43. The molecule has 1 aliphatic heterocycles. The Morgan fingerprint density at radius 1 is 1.07 bits per heavy atom. The molecule has 0 saturated heterocycles. The molecule has 0 spiro atoms. The highest BCUT2D eigenvalue weighted by Crippen LogP contribution is 2.34. The van der Waals surface area contributed by atoms with Gasteiger partial charge in [0.2, 0.25) is 5.91 Å². The maximum Gasteiger partial charge on any atom is 0.408 e. The van der Waals surface area contributed by atoms with Crippen LogP contribution in [0.15, 0.2) is 65.9 Å². The van der Waals surface area contributed by atoms with Gasteiger partial charge in [0.05, 0.1) is 17.5 Å². The maximum atomic E-state index is 13.5. The summed E-state index contributed by atoms with van der Waals surface area (Å²) in [7, 11) is 0. The summed E-state index contributed by atoms with van der Waals surface area (Å²) >= 11 is 0. The van der Waals surface area contributed by atoms with Crippen LogP contribution in [0.25, 0.3) is 22.2 Å². The Morgan fingerprint density at radius 3 is 2.56 bits per heavy atom. The van der Waals surface area contributed by atoms with Crippen molar-refractivity contribution in [2.75, 3.05) is 5.32 Å². The van der Waals surface area contributed by atoms with Crippen molar-refractivity contribution >= 4 is 40.7 Å². The van der Waals surface area contributed by atoms with Crippen LogP contribution in [0.5, 0.6) is 0 Å². The van der Waals surface area contributed by atoms with Crippen molar-refractivity contribution in [3.8, 4) is 11.3 Å². The summed E-state index contributed by atoms with van der Waals surface area (Å²) in [6.45, 7) is 7.19. The number of aromatic amines is 1. The molecule has 3 heterocycles. The van der Waals surface area contributed by atoms with Crippen LogP contribution in [0.2, 0.25) is 0 Å². The topological polar surface area (TPSA) is 138 Å². The number of alkyl carbamates (subject to hydrolysis) is 1. The number of ether oxygens (including phenoxy) is 1. The number of hydrogen-bond donors (Lipinski definition) is 4. The highest BCUT2D eigenvalue weighted by atomic mass is 16.6. The normalized spacial score (nSPS) is 13.3. The molecule has 2 aromatic carbocycles. The van der Waals surface area contributed by atoms with Crippen LogP contribution in [0.4, 0.5) is 10.5 Å². The number of carbonyl (C=O) groups is 3. The SMILES string of the molecule is Cc1ccc(-c2[nH]c3cc(NC(=O)[C@@H](CCc4ccccc4)NC(=O)OC(C)(C)C)cc4c3c2C=NNC4=O)cn1. The average Bonchev–Trinajstić information content (AvgIpc) is 3.19. The molecule has 2 aromatic heterocycles. The smallest absolute Gasteiger partial charge is 0.408 e. The number of hydrogen-bond acceptors (Lipinski definition) is 6. The molecular weight excluding hydrogens is 520 g/mol. The van der Waals surface area contributed by atoms with Crippen molar-refractivity contribution in [2.24, 2.45) is 5.10 Å². The predicted molar refractivity (Wildman–Crippen MR) is 158 cm³/mol. The molecule has 0 saturated carbocycles. The second kappa shape index (κ2) is 11.2. The lowest BCUT2D eigenvalue weighted by molar-refractivity contribution is -0.118. The number of aryl methyl sites for hydroxylation is 2. The lowest BCUT2D eigenvalue weighted by Crippen LogP contribution is -2.46. The lowest BCUT2D eigenvalue weighted by atomic mass is 10.0. The lowest BCUT2D eigenvalue weighted by Gasteiger charge is -2.23. The van der Waals surface area contributed by atoms with Gasteiger partial charge in [-0.3, -0.25) is 14.6 Å². The second-order valence-electron chi connectivity index (χ2n) is 11.0. The first kappa shape index (κ1) is 27.6. The molecule has 10 heteroatoms. The number of amides is 3. The van der Waals surface area contributed by atoms with Crippen LogP contribution >= 0.6 is 0 Å². The molecule has 210 valence electrons. The van der Waals surface area contributed by atoms with Gasteiger partial charge in [0.25, 0.3) is 5.91 Å². The summed E-state index contributed by atoms with van der Waals surface area (Å²) in [5.41, 5.74) is 7.45. The Hall–Kier alpha value is -4.99. The zero-order valence-electron chi connectivity index (χ0n) is 23.4. The number of nitrogens with one attached hydrogen (secondary N) is 4. The van der Waals surface area contributed by atoms with E-state index in [1.807, 2.05) is 49.4 Å².